The lowest BCUT2D eigenvalue weighted by molar-refractivity contribution is 0.101. The van der Waals surface area contributed by atoms with Crippen LogP contribution in [0.15, 0.2) is 73.6 Å². The third-order valence-electron chi connectivity index (χ3n) is 5.11. The quantitative estimate of drug-likeness (QED) is 0.271. The fourth-order valence-corrected chi connectivity index (χ4v) is 4.57. The summed E-state index contributed by atoms with van der Waals surface area (Å²) < 4.78 is 11.7. The molecule has 0 aliphatic carbocycles. The SMILES string of the molecule is Cc1ccsc1C(=O)c1oc2ccc3c(C)cc(=O)oc3c2c1-c1ccccc1. The number of furan rings is 1. The normalized spacial score (nSPS) is 11.4. The van der Waals surface area contributed by atoms with E-state index in [1.54, 1.807) is 0 Å². The van der Waals surface area contributed by atoms with E-state index < -0.39 is 5.63 Å². The number of carbonyl (C=O) groups is 1. The topological polar surface area (TPSA) is 60.4 Å². The molecule has 0 atom stereocenters. The Morgan fingerprint density at radius 3 is 2.45 bits per heavy atom. The second kappa shape index (κ2) is 6.57. The molecule has 0 bridgehead atoms. The standard InChI is InChI=1S/C24H16O4S/c1-13-10-11-29-24(13)21(26)23-19(15-6-4-3-5-7-15)20-17(27-23)9-8-16-14(2)12-18(25)28-22(16)20/h3-12H,1-2H3. The molecule has 0 aliphatic rings. The highest BCUT2D eigenvalue weighted by atomic mass is 32.1. The minimum absolute atomic E-state index is 0.171. The Morgan fingerprint density at radius 1 is 0.931 bits per heavy atom. The molecule has 0 N–H and O–H groups in total. The number of benzene rings is 2. The first-order valence-corrected chi connectivity index (χ1v) is 10.1. The Balaban J connectivity index is 1.94. The summed E-state index contributed by atoms with van der Waals surface area (Å²) in [6, 6.07) is 16.7. The van der Waals surface area contributed by atoms with Crippen LogP contribution < -0.4 is 5.63 Å². The van der Waals surface area contributed by atoms with Crippen LogP contribution >= 0.6 is 11.3 Å². The number of hydrogen-bond donors (Lipinski definition) is 0. The van der Waals surface area contributed by atoms with Gasteiger partial charge in [-0.15, -0.1) is 11.3 Å². The number of carbonyl (C=O) groups excluding carboxylic acids is 1. The number of ketones is 1. The zero-order chi connectivity index (χ0) is 20.1. The Hall–Kier alpha value is -3.44. The molecule has 5 aromatic rings. The van der Waals surface area contributed by atoms with Gasteiger partial charge in [-0.05, 0) is 54.1 Å². The molecule has 0 aliphatic heterocycles. The minimum Gasteiger partial charge on any atom is -0.452 e. The van der Waals surface area contributed by atoms with Gasteiger partial charge in [-0.2, -0.15) is 0 Å². The van der Waals surface area contributed by atoms with Crippen molar-refractivity contribution < 1.29 is 13.6 Å². The van der Waals surface area contributed by atoms with Gasteiger partial charge in [0, 0.05) is 17.0 Å². The van der Waals surface area contributed by atoms with Gasteiger partial charge in [-0.3, -0.25) is 4.79 Å². The first-order chi connectivity index (χ1) is 14.0. The molecular formula is C24H16O4S. The molecule has 0 amide bonds. The summed E-state index contributed by atoms with van der Waals surface area (Å²) in [7, 11) is 0. The zero-order valence-electron chi connectivity index (χ0n) is 15.8. The summed E-state index contributed by atoms with van der Waals surface area (Å²) in [5.41, 5.74) is 3.75. The number of rotatable bonds is 3. The predicted octanol–water partition coefficient (Wildman–Crippen LogP) is 6.12. The zero-order valence-corrected chi connectivity index (χ0v) is 16.6. The van der Waals surface area contributed by atoms with Crippen LogP contribution in [0.25, 0.3) is 33.1 Å². The smallest absolute Gasteiger partial charge is 0.336 e. The fraction of sp³-hybridized carbons (Fsp3) is 0.0833. The van der Waals surface area contributed by atoms with Crippen LogP contribution in [0.1, 0.15) is 26.6 Å². The van der Waals surface area contributed by atoms with Crippen LogP contribution in [0, 0.1) is 13.8 Å². The van der Waals surface area contributed by atoms with Crippen molar-refractivity contribution in [2.24, 2.45) is 0 Å². The molecule has 29 heavy (non-hydrogen) atoms. The van der Waals surface area contributed by atoms with E-state index >= 15 is 0 Å². The van der Waals surface area contributed by atoms with E-state index in [0.717, 1.165) is 22.1 Å². The van der Waals surface area contributed by atoms with Crippen molar-refractivity contribution in [2.45, 2.75) is 13.8 Å². The molecule has 5 rings (SSSR count). The third-order valence-corrected chi connectivity index (χ3v) is 6.12. The van der Waals surface area contributed by atoms with Crippen LogP contribution in [0.5, 0.6) is 0 Å². The highest BCUT2D eigenvalue weighted by Crippen LogP contribution is 2.40. The van der Waals surface area contributed by atoms with Crippen LogP contribution in [-0.2, 0) is 0 Å². The minimum atomic E-state index is -0.426. The van der Waals surface area contributed by atoms with Crippen molar-refractivity contribution in [3.05, 3.63) is 92.2 Å². The van der Waals surface area contributed by atoms with Gasteiger partial charge >= 0.3 is 5.63 Å². The molecule has 0 saturated carbocycles. The molecule has 142 valence electrons. The maximum absolute atomic E-state index is 13.4. The Morgan fingerprint density at radius 2 is 1.72 bits per heavy atom. The van der Waals surface area contributed by atoms with Crippen molar-refractivity contribution in [1.29, 1.82) is 0 Å². The van der Waals surface area contributed by atoms with E-state index in [4.69, 9.17) is 8.83 Å². The van der Waals surface area contributed by atoms with Crippen LogP contribution in [0.2, 0.25) is 0 Å². The molecule has 0 radical (unpaired) electrons. The molecule has 0 spiro atoms. The summed E-state index contributed by atoms with van der Waals surface area (Å²) >= 11 is 1.39. The Kier molecular flexibility index (Phi) is 4.00. The molecule has 3 heterocycles. The largest absolute Gasteiger partial charge is 0.452 e. The van der Waals surface area contributed by atoms with Gasteiger partial charge in [0.25, 0.3) is 0 Å². The van der Waals surface area contributed by atoms with Gasteiger partial charge in [-0.1, -0.05) is 30.3 Å². The van der Waals surface area contributed by atoms with Crippen LogP contribution in [0.3, 0.4) is 0 Å². The molecule has 3 aromatic heterocycles. The van der Waals surface area contributed by atoms with Gasteiger partial charge in [-0.25, -0.2) is 4.79 Å². The maximum Gasteiger partial charge on any atom is 0.336 e. The highest BCUT2D eigenvalue weighted by molar-refractivity contribution is 7.12. The van der Waals surface area contributed by atoms with Crippen molar-refractivity contribution >= 4 is 39.1 Å². The van der Waals surface area contributed by atoms with Crippen LogP contribution in [-0.4, -0.2) is 5.78 Å². The van der Waals surface area contributed by atoms with Crippen LogP contribution in [0.4, 0.5) is 0 Å². The molecular weight excluding hydrogens is 384 g/mol. The molecule has 0 unspecified atom stereocenters. The van der Waals surface area contributed by atoms with E-state index in [-0.39, 0.29) is 11.5 Å². The molecule has 2 aromatic carbocycles. The molecule has 5 heteroatoms. The average molecular weight is 400 g/mol. The maximum atomic E-state index is 13.4. The summed E-state index contributed by atoms with van der Waals surface area (Å²) in [5.74, 6) is 0.0871. The van der Waals surface area contributed by atoms with Gasteiger partial charge in [0.2, 0.25) is 5.78 Å². The van der Waals surface area contributed by atoms with Crippen molar-refractivity contribution in [2.75, 3.05) is 0 Å². The monoisotopic (exact) mass is 400 g/mol. The first kappa shape index (κ1) is 17.6. The van der Waals surface area contributed by atoms with Gasteiger partial charge < -0.3 is 8.83 Å². The first-order valence-electron chi connectivity index (χ1n) is 9.19. The number of thiophene rings is 1. The van der Waals surface area contributed by atoms with Gasteiger partial charge in [0.05, 0.1) is 10.3 Å². The van der Waals surface area contributed by atoms with E-state index in [1.165, 1.54) is 17.4 Å². The number of hydrogen-bond acceptors (Lipinski definition) is 5. The number of fused-ring (bicyclic) bond motifs is 3. The van der Waals surface area contributed by atoms with Crippen molar-refractivity contribution in [3.8, 4) is 11.1 Å². The third kappa shape index (κ3) is 2.74. The average Bonchev–Trinajstić information content (AvgIpc) is 3.31. The fourth-order valence-electron chi connectivity index (χ4n) is 3.71. The highest BCUT2D eigenvalue weighted by Gasteiger charge is 2.27. The molecule has 4 nitrogen and oxygen atoms in total. The lowest BCUT2D eigenvalue weighted by atomic mass is 9.97. The lowest BCUT2D eigenvalue weighted by Gasteiger charge is -2.05. The molecule has 0 saturated heterocycles. The van der Waals surface area contributed by atoms with Gasteiger partial charge in [0.1, 0.15) is 11.2 Å². The van der Waals surface area contributed by atoms with Crippen molar-refractivity contribution in [1.82, 2.24) is 0 Å². The second-order valence-electron chi connectivity index (χ2n) is 7.00. The molecule has 0 fully saturated rings. The van der Waals surface area contributed by atoms with E-state index in [1.807, 2.05) is 67.8 Å². The lowest BCUT2D eigenvalue weighted by Crippen LogP contribution is -2.01. The second-order valence-corrected chi connectivity index (χ2v) is 7.91. The predicted molar refractivity (Wildman–Crippen MR) is 115 cm³/mol. The summed E-state index contributed by atoms with van der Waals surface area (Å²) in [6.45, 7) is 3.78. The Bertz CT molecular complexity index is 1450. The number of aryl methyl sites for hydroxylation is 2. The van der Waals surface area contributed by atoms with Gasteiger partial charge in [0.15, 0.2) is 5.76 Å². The van der Waals surface area contributed by atoms with E-state index in [2.05, 4.69) is 0 Å². The Labute approximate surface area is 170 Å². The summed E-state index contributed by atoms with van der Waals surface area (Å²) in [6.07, 6.45) is 0. The van der Waals surface area contributed by atoms with Crippen molar-refractivity contribution in [3.63, 3.8) is 0 Å². The summed E-state index contributed by atoms with van der Waals surface area (Å²) in [4.78, 5) is 26.1. The van der Waals surface area contributed by atoms with E-state index in [0.29, 0.717) is 27.0 Å². The van der Waals surface area contributed by atoms with E-state index in [9.17, 15) is 9.59 Å². The summed E-state index contributed by atoms with van der Waals surface area (Å²) in [5, 5.41) is 3.36.